The zero-order valence-electron chi connectivity index (χ0n) is 11.0. The Morgan fingerprint density at radius 3 is 2.17 bits per heavy atom. The van der Waals surface area contributed by atoms with Crippen molar-refractivity contribution in [1.29, 1.82) is 0 Å². The van der Waals surface area contributed by atoms with E-state index >= 15 is 0 Å². The normalized spacial score (nSPS) is 12.4. The van der Waals surface area contributed by atoms with Crippen molar-refractivity contribution in [3.05, 3.63) is 70.8 Å². The van der Waals surface area contributed by atoms with E-state index in [-0.39, 0.29) is 0 Å². The van der Waals surface area contributed by atoms with Crippen molar-refractivity contribution in [3.63, 3.8) is 0 Å². The molecule has 0 aliphatic heterocycles. The van der Waals surface area contributed by atoms with Gasteiger partial charge in [-0.1, -0.05) is 78.3 Å². The molecule has 2 aromatic carbocycles. The Kier molecular flexibility index (Phi) is 4.60. The van der Waals surface area contributed by atoms with Crippen LogP contribution in [0.4, 0.5) is 0 Å². The van der Waals surface area contributed by atoms with E-state index in [1.165, 1.54) is 22.3 Å². The summed E-state index contributed by atoms with van der Waals surface area (Å²) in [4.78, 5) is 0.291. The van der Waals surface area contributed by atoms with Gasteiger partial charge in [-0.15, -0.1) is 0 Å². The fourth-order valence-corrected chi connectivity index (χ4v) is 2.96. The molecule has 0 aliphatic carbocycles. The predicted molar refractivity (Wildman–Crippen MR) is 82.4 cm³/mol. The number of halogens is 1. The molecule has 0 radical (unpaired) electrons. The molecule has 0 amide bonds. The highest BCUT2D eigenvalue weighted by atomic mass is 79.9. The fraction of sp³-hybridized carbons (Fsp3) is 0.294. The van der Waals surface area contributed by atoms with Crippen molar-refractivity contribution in [3.8, 4) is 0 Å². The highest BCUT2D eigenvalue weighted by Crippen LogP contribution is 2.33. The van der Waals surface area contributed by atoms with Gasteiger partial charge in [0.2, 0.25) is 0 Å². The second-order valence-electron chi connectivity index (χ2n) is 4.51. The number of rotatable bonds is 4. The van der Waals surface area contributed by atoms with Gasteiger partial charge in [0.15, 0.2) is 0 Å². The minimum atomic E-state index is 0.291. The fourth-order valence-electron chi connectivity index (χ4n) is 2.21. The number of alkyl halides is 1. The first-order chi connectivity index (χ1) is 8.76. The average Bonchev–Trinajstić information content (AvgIpc) is 2.46. The molecular formula is C17H19Br. The van der Waals surface area contributed by atoms with E-state index in [4.69, 9.17) is 0 Å². The molecule has 1 atom stereocenters. The molecule has 0 bridgehead atoms. The molecule has 1 unspecified atom stereocenters. The quantitative estimate of drug-likeness (QED) is 0.673. The van der Waals surface area contributed by atoms with Crippen molar-refractivity contribution in [2.24, 2.45) is 0 Å². The standard InChI is InChI=1S/C17H19Br/c1-3-13-9-11-15(12-10-13)17(18)16-8-6-5-7-14(16)4-2/h5-12,17H,3-4H2,1-2H3. The smallest absolute Gasteiger partial charge is 0.0647 e. The van der Waals surface area contributed by atoms with Crippen LogP contribution in [0.3, 0.4) is 0 Å². The third kappa shape index (κ3) is 2.84. The van der Waals surface area contributed by atoms with Crippen LogP contribution < -0.4 is 0 Å². The highest BCUT2D eigenvalue weighted by Gasteiger charge is 2.12. The summed E-state index contributed by atoms with van der Waals surface area (Å²) in [6.45, 7) is 4.39. The Morgan fingerprint density at radius 2 is 1.56 bits per heavy atom. The molecule has 2 rings (SSSR count). The van der Waals surface area contributed by atoms with Gasteiger partial charge in [-0.05, 0) is 35.1 Å². The second kappa shape index (κ2) is 6.19. The van der Waals surface area contributed by atoms with E-state index in [0.29, 0.717) is 4.83 Å². The van der Waals surface area contributed by atoms with Crippen molar-refractivity contribution in [1.82, 2.24) is 0 Å². The Morgan fingerprint density at radius 1 is 0.889 bits per heavy atom. The number of hydrogen-bond acceptors (Lipinski definition) is 0. The first kappa shape index (κ1) is 13.4. The van der Waals surface area contributed by atoms with Crippen LogP contribution in [0, 0.1) is 0 Å². The van der Waals surface area contributed by atoms with Crippen molar-refractivity contribution in [2.75, 3.05) is 0 Å². The van der Waals surface area contributed by atoms with Gasteiger partial charge in [0.1, 0.15) is 0 Å². The first-order valence-corrected chi connectivity index (χ1v) is 7.48. The van der Waals surface area contributed by atoms with Gasteiger partial charge in [-0.3, -0.25) is 0 Å². The van der Waals surface area contributed by atoms with Crippen molar-refractivity contribution < 1.29 is 0 Å². The molecule has 0 aliphatic rings. The summed E-state index contributed by atoms with van der Waals surface area (Å²) in [5.74, 6) is 0. The summed E-state index contributed by atoms with van der Waals surface area (Å²) in [6.07, 6.45) is 2.17. The van der Waals surface area contributed by atoms with Crippen LogP contribution in [0.5, 0.6) is 0 Å². The lowest BCUT2D eigenvalue weighted by atomic mass is 9.97. The van der Waals surface area contributed by atoms with Gasteiger partial charge < -0.3 is 0 Å². The minimum Gasteiger partial charge on any atom is -0.0786 e. The Balaban J connectivity index is 2.31. The van der Waals surface area contributed by atoms with Gasteiger partial charge in [0, 0.05) is 0 Å². The van der Waals surface area contributed by atoms with Gasteiger partial charge in [0.25, 0.3) is 0 Å². The number of hydrogen-bond donors (Lipinski definition) is 0. The van der Waals surface area contributed by atoms with Crippen LogP contribution in [0.15, 0.2) is 48.5 Å². The predicted octanol–water partition coefficient (Wildman–Crippen LogP) is 5.30. The lowest BCUT2D eigenvalue weighted by Crippen LogP contribution is -1.98. The minimum absolute atomic E-state index is 0.291. The van der Waals surface area contributed by atoms with Crippen LogP contribution in [-0.2, 0) is 12.8 Å². The molecule has 1 heteroatoms. The Hall–Kier alpha value is -1.08. The molecular weight excluding hydrogens is 284 g/mol. The van der Waals surface area contributed by atoms with Crippen LogP contribution >= 0.6 is 15.9 Å². The maximum atomic E-state index is 3.83. The summed E-state index contributed by atoms with van der Waals surface area (Å²) in [5.41, 5.74) is 5.51. The molecule has 0 spiro atoms. The summed E-state index contributed by atoms with van der Waals surface area (Å²) in [7, 11) is 0. The van der Waals surface area contributed by atoms with E-state index in [1.54, 1.807) is 0 Å². The topological polar surface area (TPSA) is 0 Å². The Labute approximate surface area is 118 Å². The molecule has 18 heavy (non-hydrogen) atoms. The van der Waals surface area contributed by atoms with Crippen LogP contribution in [0.25, 0.3) is 0 Å². The van der Waals surface area contributed by atoms with E-state index in [2.05, 4.69) is 78.3 Å². The summed E-state index contributed by atoms with van der Waals surface area (Å²) in [6, 6.07) is 17.5. The molecule has 2 aromatic rings. The van der Waals surface area contributed by atoms with Crippen molar-refractivity contribution >= 4 is 15.9 Å². The van der Waals surface area contributed by atoms with Crippen LogP contribution in [0.1, 0.15) is 40.9 Å². The SMILES string of the molecule is CCc1ccc(C(Br)c2ccccc2CC)cc1. The molecule has 0 N–H and O–H groups in total. The number of benzene rings is 2. The van der Waals surface area contributed by atoms with E-state index < -0.39 is 0 Å². The maximum Gasteiger partial charge on any atom is 0.0647 e. The maximum absolute atomic E-state index is 3.83. The average molecular weight is 303 g/mol. The molecule has 94 valence electrons. The third-order valence-corrected chi connectivity index (χ3v) is 4.41. The Bertz CT molecular complexity index is 499. The van der Waals surface area contributed by atoms with Gasteiger partial charge in [0.05, 0.1) is 4.83 Å². The zero-order chi connectivity index (χ0) is 13.0. The van der Waals surface area contributed by atoms with E-state index in [0.717, 1.165) is 12.8 Å². The largest absolute Gasteiger partial charge is 0.0786 e. The first-order valence-electron chi connectivity index (χ1n) is 6.57. The lowest BCUT2D eigenvalue weighted by Gasteiger charge is -2.15. The van der Waals surface area contributed by atoms with Crippen molar-refractivity contribution in [2.45, 2.75) is 31.5 Å². The van der Waals surface area contributed by atoms with E-state index in [9.17, 15) is 0 Å². The van der Waals surface area contributed by atoms with Crippen LogP contribution in [-0.4, -0.2) is 0 Å². The summed E-state index contributed by atoms with van der Waals surface area (Å²) < 4.78 is 0. The molecule has 0 fully saturated rings. The third-order valence-electron chi connectivity index (χ3n) is 3.39. The van der Waals surface area contributed by atoms with Gasteiger partial charge in [-0.2, -0.15) is 0 Å². The summed E-state index contributed by atoms with van der Waals surface area (Å²) >= 11 is 3.83. The highest BCUT2D eigenvalue weighted by molar-refractivity contribution is 9.09. The monoisotopic (exact) mass is 302 g/mol. The van der Waals surface area contributed by atoms with Gasteiger partial charge in [-0.25, -0.2) is 0 Å². The zero-order valence-corrected chi connectivity index (χ0v) is 12.6. The van der Waals surface area contributed by atoms with E-state index in [1.807, 2.05) is 0 Å². The summed E-state index contributed by atoms with van der Waals surface area (Å²) in [5, 5.41) is 0. The lowest BCUT2D eigenvalue weighted by molar-refractivity contribution is 1.05. The van der Waals surface area contributed by atoms with Gasteiger partial charge >= 0.3 is 0 Å². The molecule has 0 nitrogen and oxygen atoms in total. The number of aryl methyl sites for hydroxylation is 2. The molecule has 0 saturated carbocycles. The molecule has 0 heterocycles. The second-order valence-corrected chi connectivity index (χ2v) is 5.43. The molecule has 0 aromatic heterocycles. The molecule has 0 saturated heterocycles. The van der Waals surface area contributed by atoms with Crippen LogP contribution in [0.2, 0.25) is 0 Å².